The van der Waals surface area contributed by atoms with Crippen LogP contribution in [0.3, 0.4) is 0 Å². The van der Waals surface area contributed by atoms with Crippen molar-refractivity contribution in [3.8, 4) is 11.5 Å². The van der Waals surface area contributed by atoms with Crippen LogP contribution in [0.5, 0.6) is 11.5 Å². The number of rotatable bonds is 8. The van der Waals surface area contributed by atoms with E-state index in [1.807, 2.05) is 0 Å². The maximum Gasteiger partial charge on any atom is 0.344 e. The fraction of sp³-hybridized carbons (Fsp3) is 0.500. The number of ketones is 1. The zero-order valence-corrected chi connectivity index (χ0v) is 14.5. The number of amides is 1. The molecule has 2 rings (SSSR count). The van der Waals surface area contributed by atoms with Gasteiger partial charge in [0.2, 0.25) is 0 Å². The van der Waals surface area contributed by atoms with Crippen LogP contribution in [-0.4, -0.2) is 44.0 Å². The standard InChI is InChI=1S/C18H23NO6/c1-12(20)13-7-8-15(16(9-13)23-2)24-11-18(22)25-10-17(21)19-14-5-3-4-6-14/h7-9,14H,3-6,10-11H2,1-2H3,(H,19,21). The van der Waals surface area contributed by atoms with Gasteiger partial charge in [0.15, 0.2) is 30.5 Å². The van der Waals surface area contributed by atoms with Gasteiger partial charge >= 0.3 is 5.97 Å². The quantitative estimate of drug-likeness (QED) is 0.569. The summed E-state index contributed by atoms with van der Waals surface area (Å²) in [5.74, 6) is -0.389. The Bertz CT molecular complexity index is 636. The van der Waals surface area contributed by atoms with E-state index < -0.39 is 5.97 Å². The Hall–Kier alpha value is -2.57. The van der Waals surface area contributed by atoms with Crippen molar-refractivity contribution in [1.29, 1.82) is 0 Å². The number of Topliss-reactive ketones (excluding diaryl/α,β-unsaturated/α-hetero) is 1. The minimum Gasteiger partial charge on any atom is -0.493 e. The van der Waals surface area contributed by atoms with Crippen molar-refractivity contribution >= 4 is 17.7 Å². The second-order valence-electron chi connectivity index (χ2n) is 5.92. The van der Waals surface area contributed by atoms with E-state index in [9.17, 15) is 14.4 Å². The lowest BCUT2D eigenvalue weighted by Crippen LogP contribution is -2.36. The van der Waals surface area contributed by atoms with E-state index in [2.05, 4.69) is 5.32 Å². The molecule has 0 saturated heterocycles. The number of hydrogen-bond donors (Lipinski definition) is 1. The van der Waals surface area contributed by atoms with E-state index >= 15 is 0 Å². The molecule has 0 radical (unpaired) electrons. The largest absolute Gasteiger partial charge is 0.493 e. The van der Waals surface area contributed by atoms with Gasteiger partial charge in [-0.15, -0.1) is 0 Å². The van der Waals surface area contributed by atoms with Gasteiger partial charge in [0, 0.05) is 11.6 Å². The monoisotopic (exact) mass is 349 g/mol. The molecule has 0 aliphatic heterocycles. The molecule has 0 atom stereocenters. The van der Waals surface area contributed by atoms with Crippen LogP contribution in [0.1, 0.15) is 43.0 Å². The van der Waals surface area contributed by atoms with Gasteiger partial charge in [-0.1, -0.05) is 12.8 Å². The number of methoxy groups -OCH3 is 1. The van der Waals surface area contributed by atoms with Gasteiger partial charge in [0.1, 0.15) is 0 Å². The number of ether oxygens (including phenoxy) is 3. The summed E-state index contributed by atoms with van der Waals surface area (Å²) in [4.78, 5) is 34.8. The number of carbonyl (C=O) groups is 3. The van der Waals surface area contributed by atoms with Crippen LogP contribution in [0, 0.1) is 0 Å². The first-order chi connectivity index (χ1) is 12.0. The van der Waals surface area contributed by atoms with Crippen molar-refractivity contribution in [3.05, 3.63) is 23.8 Å². The summed E-state index contributed by atoms with van der Waals surface area (Å²) >= 11 is 0. The summed E-state index contributed by atoms with van der Waals surface area (Å²) in [6.07, 6.45) is 4.17. The molecule has 0 spiro atoms. The van der Waals surface area contributed by atoms with Gasteiger partial charge in [0.25, 0.3) is 5.91 Å². The highest BCUT2D eigenvalue weighted by molar-refractivity contribution is 5.94. The second-order valence-corrected chi connectivity index (χ2v) is 5.92. The minimum atomic E-state index is -0.653. The third kappa shape index (κ3) is 5.77. The van der Waals surface area contributed by atoms with Crippen LogP contribution in [-0.2, 0) is 14.3 Å². The van der Waals surface area contributed by atoms with Crippen LogP contribution < -0.4 is 14.8 Å². The van der Waals surface area contributed by atoms with E-state index in [4.69, 9.17) is 14.2 Å². The van der Waals surface area contributed by atoms with Gasteiger partial charge in [-0.05, 0) is 38.0 Å². The summed E-state index contributed by atoms with van der Waals surface area (Å²) in [5, 5.41) is 2.83. The molecule has 1 aliphatic rings. The molecule has 1 N–H and O–H groups in total. The Balaban J connectivity index is 1.77. The van der Waals surface area contributed by atoms with E-state index in [-0.39, 0.29) is 30.9 Å². The molecule has 7 nitrogen and oxygen atoms in total. The van der Waals surface area contributed by atoms with Crippen LogP contribution >= 0.6 is 0 Å². The van der Waals surface area contributed by atoms with E-state index in [0.717, 1.165) is 25.7 Å². The van der Waals surface area contributed by atoms with Gasteiger partial charge in [-0.25, -0.2) is 4.79 Å². The van der Waals surface area contributed by atoms with Crippen molar-refractivity contribution in [2.75, 3.05) is 20.3 Å². The molecule has 7 heteroatoms. The summed E-state index contributed by atoms with van der Waals surface area (Å²) in [6.45, 7) is 0.773. The predicted molar refractivity (Wildman–Crippen MR) is 89.9 cm³/mol. The number of nitrogens with one attached hydrogen (secondary N) is 1. The van der Waals surface area contributed by atoms with Crippen molar-refractivity contribution < 1.29 is 28.6 Å². The molecule has 1 saturated carbocycles. The smallest absolute Gasteiger partial charge is 0.344 e. The molecule has 1 aliphatic carbocycles. The lowest BCUT2D eigenvalue weighted by atomic mass is 10.1. The Morgan fingerprint density at radius 1 is 1.12 bits per heavy atom. The average Bonchev–Trinajstić information content (AvgIpc) is 3.10. The van der Waals surface area contributed by atoms with Crippen LogP contribution in [0.25, 0.3) is 0 Å². The average molecular weight is 349 g/mol. The minimum absolute atomic E-state index is 0.0995. The van der Waals surface area contributed by atoms with Crippen molar-refractivity contribution in [1.82, 2.24) is 5.32 Å². The van der Waals surface area contributed by atoms with E-state index in [1.54, 1.807) is 12.1 Å². The molecular formula is C18H23NO6. The maximum atomic E-state index is 11.7. The first kappa shape index (κ1) is 18.8. The SMILES string of the molecule is COc1cc(C(C)=O)ccc1OCC(=O)OCC(=O)NC1CCCC1. The van der Waals surface area contributed by atoms with Crippen molar-refractivity contribution in [2.45, 2.75) is 38.6 Å². The van der Waals surface area contributed by atoms with Crippen molar-refractivity contribution in [3.63, 3.8) is 0 Å². The topological polar surface area (TPSA) is 90.9 Å². The highest BCUT2D eigenvalue weighted by Crippen LogP contribution is 2.28. The second kappa shape index (κ2) is 9.05. The molecule has 0 aromatic heterocycles. The molecular weight excluding hydrogens is 326 g/mol. The number of carbonyl (C=O) groups excluding carboxylic acids is 3. The van der Waals surface area contributed by atoms with E-state index in [0.29, 0.717) is 17.1 Å². The van der Waals surface area contributed by atoms with Crippen molar-refractivity contribution in [2.24, 2.45) is 0 Å². The first-order valence-corrected chi connectivity index (χ1v) is 8.26. The molecule has 1 aromatic carbocycles. The molecule has 25 heavy (non-hydrogen) atoms. The number of esters is 1. The maximum absolute atomic E-state index is 11.7. The van der Waals surface area contributed by atoms with Crippen LogP contribution in [0.2, 0.25) is 0 Å². The molecule has 1 fully saturated rings. The molecule has 136 valence electrons. The molecule has 1 aromatic rings. The third-order valence-corrected chi connectivity index (χ3v) is 4.00. The highest BCUT2D eigenvalue weighted by atomic mass is 16.6. The number of hydrogen-bond acceptors (Lipinski definition) is 6. The summed E-state index contributed by atoms with van der Waals surface area (Å²) < 4.78 is 15.4. The van der Waals surface area contributed by atoms with Gasteiger partial charge in [-0.3, -0.25) is 9.59 Å². The van der Waals surface area contributed by atoms with Crippen LogP contribution in [0.4, 0.5) is 0 Å². The lowest BCUT2D eigenvalue weighted by Gasteiger charge is -2.13. The summed E-state index contributed by atoms with van der Waals surface area (Å²) in [7, 11) is 1.44. The molecule has 0 unspecified atom stereocenters. The molecule has 0 heterocycles. The van der Waals surface area contributed by atoms with Gasteiger partial charge in [0.05, 0.1) is 7.11 Å². The first-order valence-electron chi connectivity index (χ1n) is 8.26. The summed E-state index contributed by atoms with van der Waals surface area (Å²) in [6, 6.07) is 4.86. The zero-order valence-electron chi connectivity index (χ0n) is 14.5. The zero-order chi connectivity index (χ0) is 18.2. The fourth-order valence-corrected chi connectivity index (χ4v) is 2.67. The number of benzene rings is 1. The summed E-state index contributed by atoms with van der Waals surface area (Å²) in [5.41, 5.74) is 0.482. The highest BCUT2D eigenvalue weighted by Gasteiger charge is 2.18. The van der Waals surface area contributed by atoms with E-state index in [1.165, 1.54) is 20.1 Å². The Labute approximate surface area is 146 Å². The normalized spacial score (nSPS) is 14.0. The Morgan fingerprint density at radius 3 is 2.48 bits per heavy atom. The fourth-order valence-electron chi connectivity index (χ4n) is 2.67. The lowest BCUT2D eigenvalue weighted by molar-refractivity contribution is -0.150. The van der Waals surface area contributed by atoms with Crippen LogP contribution in [0.15, 0.2) is 18.2 Å². The van der Waals surface area contributed by atoms with Gasteiger partial charge in [-0.2, -0.15) is 0 Å². The third-order valence-electron chi connectivity index (χ3n) is 4.00. The predicted octanol–water partition coefficient (Wildman–Crippen LogP) is 1.88. The molecule has 1 amide bonds. The Kier molecular flexibility index (Phi) is 6.80. The van der Waals surface area contributed by atoms with Gasteiger partial charge < -0.3 is 19.5 Å². The Morgan fingerprint density at radius 2 is 1.84 bits per heavy atom. The molecule has 0 bridgehead atoms.